The number of aromatic amines is 1. The molecule has 0 saturated heterocycles. The molecule has 0 bridgehead atoms. The molecule has 0 radical (unpaired) electrons. The summed E-state index contributed by atoms with van der Waals surface area (Å²) in [6.45, 7) is 9.05. The van der Waals surface area contributed by atoms with Gasteiger partial charge in [-0.25, -0.2) is 0 Å². The van der Waals surface area contributed by atoms with E-state index >= 15 is 0 Å². The third-order valence-electron chi connectivity index (χ3n) is 2.55. The number of hydrogen-bond donors (Lipinski definition) is 3. The van der Waals surface area contributed by atoms with E-state index in [9.17, 15) is 4.79 Å². The molecular formula is C13H23N3O. The molecule has 1 heterocycles. The fraction of sp³-hybridized carbons (Fsp3) is 0.615. The van der Waals surface area contributed by atoms with E-state index in [2.05, 4.69) is 36.4 Å². The maximum atomic E-state index is 11.5. The van der Waals surface area contributed by atoms with Crippen LogP contribution in [0.4, 0.5) is 0 Å². The van der Waals surface area contributed by atoms with E-state index in [-0.39, 0.29) is 5.43 Å². The molecule has 1 aromatic rings. The van der Waals surface area contributed by atoms with Crippen LogP contribution in [0.25, 0.3) is 0 Å². The zero-order chi connectivity index (χ0) is 12.7. The van der Waals surface area contributed by atoms with Gasteiger partial charge in [-0.1, -0.05) is 13.8 Å². The van der Waals surface area contributed by atoms with Gasteiger partial charge in [0.15, 0.2) is 5.43 Å². The molecule has 0 amide bonds. The summed E-state index contributed by atoms with van der Waals surface area (Å²) in [6.07, 6.45) is 3.41. The molecule has 0 aliphatic carbocycles. The van der Waals surface area contributed by atoms with Crippen molar-refractivity contribution >= 4 is 0 Å². The van der Waals surface area contributed by atoms with Crippen LogP contribution in [0.3, 0.4) is 0 Å². The average molecular weight is 237 g/mol. The monoisotopic (exact) mass is 237 g/mol. The lowest BCUT2D eigenvalue weighted by Gasteiger charge is -2.15. The topological polar surface area (TPSA) is 56.9 Å². The Morgan fingerprint density at radius 2 is 2.06 bits per heavy atom. The maximum absolute atomic E-state index is 11.5. The highest BCUT2D eigenvalue weighted by atomic mass is 16.1. The molecule has 1 rings (SSSR count). The van der Waals surface area contributed by atoms with Crippen molar-refractivity contribution in [2.24, 2.45) is 5.92 Å². The summed E-state index contributed by atoms with van der Waals surface area (Å²) in [6, 6.07) is 1.91. The lowest BCUT2D eigenvalue weighted by Crippen LogP contribution is -2.38. The fourth-order valence-electron chi connectivity index (χ4n) is 1.53. The summed E-state index contributed by atoms with van der Waals surface area (Å²) in [5.74, 6) is 0.666. The van der Waals surface area contributed by atoms with Gasteiger partial charge in [-0.3, -0.25) is 4.79 Å². The van der Waals surface area contributed by atoms with Crippen LogP contribution in [0.5, 0.6) is 0 Å². The molecule has 96 valence electrons. The molecule has 0 fully saturated rings. The highest BCUT2D eigenvalue weighted by molar-refractivity contribution is 5.08. The van der Waals surface area contributed by atoms with Crippen molar-refractivity contribution in [2.45, 2.75) is 33.4 Å². The molecule has 1 aromatic heterocycles. The number of nitrogens with one attached hydrogen (secondary N) is 3. The largest absolute Gasteiger partial charge is 0.367 e. The van der Waals surface area contributed by atoms with Crippen molar-refractivity contribution in [1.29, 1.82) is 0 Å². The number of pyridine rings is 1. The van der Waals surface area contributed by atoms with E-state index in [1.165, 1.54) is 0 Å². The van der Waals surface area contributed by atoms with Gasteiger partial charge in [0.25, 0.3) is 0 Å². The van der Waals surface area contributed by atoms with Gasteiger partial charge < -0.3 is 15.6 Å². The Morgan fingerprint density at radius 1 is 1.29 bits per heavy atom. The van der Waals surface area contributed by atoms with Crippen molar-refractivity contribution in [3.8, 4) is 0 Å². The van der Waals surface area contributed by atoms with Crippen LogP contribution in [-0.4, -0.2) is 24.1 Å². The van der Waals surface area contributed by atoms with Crippen molar-refractivity contribution in [3.63, 3.8) is 0 Å². The van der Waals surface area contributed by atoms with Gasteiger partial charge in [-0.2, -0.15) is 0 Å². The normalized spacial score (nSPS) is 12.9. The molecule has 3 N–H and O–H groups in total. The van der Waals surface area contributed by atoms with Crippen LogP contribution in [0.2, 0.25) is 0 Å². The zero-order valence-electron chi connectivity index (χ0n) is 10.9. The minimum Gasteiger partial charge on any atom is -0.367 e. The molecule has 0 saturated carbocycles. The van der Waals surface area contributed by atoms with E-state index in [0.29, 0.717) is 18.5 Å². The van der Waals surface area contributed by atoms with Gasteiger partial charge in [0.1, 0.15) is 0 Å². The van der Waals surface area contributed by atoms with E-state index < -0.39 is 0 Å². The summed E-state index contributed by atoms with van der Waals surface area (Å²) < 4.78 is 0. The Bertz CT molecular complexity index is 373. The molecule has 4 nitrogen and oxygen atoms in total. The minimum atomic E-state index is 0.0820. The van der Waals surface area contributed by atoms with Gasteiger partial charge in [0.2, 0.25) is 0 Å². The van der Waals surface area contributed by atoms with Crippen molar-refractivity contribution < 1.29 is 0 Å². The fourth-order valence-corrected chi connectivity index (χ4v) is 1.53. The second-order valence-electron chi connectivity index (χ2n) is 4.87. The second-order valence-corrected chi connectivity index (χ2v) is 4.87. The molecular weight excluding hydrogens is 214 g/mol. The number of rotatable bonds is 7. The maximum Gasteiger partial charge on any atom is 0.186 e. The summed E-state index contributed by atoms with van der Waals surface area (Å²) in [4.78, 5) is 14.4. The first-order valence-corrected chi connectivity index (χ1v) is 6.19. The van der Waals surface area contributed by atoms with Crippen molar-refractivity contribution in [3.05, 3.63) is 34.2 Å². The van der Waals surface area contributed by atoms with Crippen molar-refractivity contribution in [1.82, 2.24) is 15.6 Å². The third kappa shape index (κ3) is 5.65. The average Bonchev–Trinajstić information content (AvgIpc) is 2.27. The van der Waals surface area contributed by atoms with E-state index in [0.717, 1.165) is 18.7 Å². The first-order chi connectivity index (χ1) is 8.09. The molecule has 0 aromatic carbocycles. The minimum absolute atomic E-state index is 0.0820. The Balaban J connectivity index is 2.26. The second kappa shape index (κ2) is 7.25. The highest BCUT2D eigenvalue weighted by Crippen LogP contribution is 1.91. The summed E-state index contributed by atoms with van der Waals surface area (Å²) in [5, 5.41) is 6.72. The molecule has 0 aliphatic heterocycles. The SMILES string of the molecule is CC(C)CNCC(C)NCc1c[nH]ccc1=O. The van der Waals surface area contributed by atoms with Gasteiger partial charge in [0, 0.05) is 43.2 Å². The molecule has 0 spiro atoms. The Kier molecular flexibility index (Phi) is 5.94. The Hall–Kier alpha value is -1.13. The first-order valence-electron chi connectivity index (χ1n) is 6.19. The van der Waals surface area contributed by atoms with Crippen LogP contribution >= 0.6 is 0 Å². The molecule has 0 aliphatic rings. The van der Waals surface area contributed by atoms with Gasteiger partial charge >= 0.3 is 0 Å². The lowest BCUT2D eigenvalue weighted by molar-refractivity contribution is 0.471. The number of aromatic nitrogens is 1. The Labute approximate surface area is 103 Å². The standard InChI is InChI=1S/C13H23N3O/c1-10(2)6-15-7-11(3)16-9-12-8-14-5-4-13(12)17/h4-5,8,10-11,15-16H,6-7,9H2,1-3H3,(H,14,17). The van der Waals surface area contributed by atoms with Gasteiger partial charge in [-0.15, -0.1) is 0 Å². The predicted octanol–water partition coefficient (Wildman–Crippen LogP) is 1.10. The summed E-state index contributed by atoms with van der Waals surface area (Å²) in [7, 11) is 0. The van der Waals surface area contributed by atoms with Crippen LogP contribution in [0, 0.1) is 5.92 Å². The van der Waals surface area contributed by atoms with Crippen molar-refractivity contribution in [2.75, 3.05) is 13.1 Å². The number of hydrogen-bond acceptors (Lipinski definition) is 3. The third-order valence-corrected chi connectivity index (χ3v) is 2.55. The number of H-pyrrole nitrogens is 1. The summed E-state index contributed by atoms with van der Waals surface area (Å²) >= 11 is 0. The van der Waals surface area contributed by atoms with Gasteiger partial charge in [0.05, 0.1) is 0 Å². The van der Waals surface area contributed by atoms with E-state index in [4.69, 9.17) is 0 Å². The van der Waals surface area contributed by atoms with Crippen LogP contribution in [-0.2, 0) is 6.54 Å². The molecule has 1 atom stereocenters. The van der Waals surface area contributed by atoms with E-state index in [1.54, 1.807) is 18.5 Å². The quantitative estimate of drug-likeness (QED) is 0.665. The first kappa shape index (κ1) is 13.9. The predicted molar refractivity (Wildman–Crippen MR) is 71.1 cm³/mol. The summed E-state index contributed by atoms with van der Waals surface area (Å²) in [5.41, 5.74) is 0.863. The van der Waals surface area contributed by atoms with E-state index in [1.807, 2.05) is 0 Å². The van der Waals surface area contributed by atoms with Crippen LogP contribution in [0.15, 0.2) is 23.3 Å². The highest BCUT2D eigenvalue weighted by Gasteiger charge is 2.03. The zero-order valence-corrected chi connectivity index (χ0v) is 10.9. The molecule has 1 unspecified atom stereocenters. The smallest absolute Gasteiger partial charge is 0.186 e. The lowest BCUT2D eigenvalue weighted by atomic mass is 10.2. The molecule has 4 heteroatoms. The Morgan fingerprint density at radius 3 is 2.71 bits per heavy atom. The van der Waals surface area contributed by atoms with Crippen LogP contribution in [0.1, 0.15) is 26.3 Å². The van der Waals surface area contributed by atoms with Gasteiger partial charge in [-0.05, 0) is 19.4 Å². The molecule has 17 heavy (non-hydrogen) atoms. The van der Waals surface area contributed by atoms with Crippen LogP contribution < -0.4 is 16.1 Å².